The van der Waals surface area contributed by atoms with Crippen molar-refractivity contribution in [3.8, 4) is 11.5 Å². The van der Waals surface area contributed by atoms with Gasteiger partial charge in [-0.25, -0.2) is 8.42 Å². The Bertz CT molecular complexity index is 893. The number of benzene rings is 2. The van der Waals surface area contributed by atoms with Gasteiger partial charge in [-0.2, -0.15) is 4.31 Å². The van der Waals surface area contributed by atoms with Crippen LogP contribution in [0.1, 0.15) is 24.5 Å². The van der Waals surface area contributed by atoms with Crippen molar-refractivity contribution >= 4 is 10.0 Å². The molecule has 1 fully saturated rings. The molecule has 5 nitrogen and oxygen atoms in total. The fraction of sp³-hybridized carbons (Fsp3) is 0.400. The Hall–Kier alpha value is -2.05. The Balaban J connectivity index is 1.88. The molecule has 1 aliphatic rings. The van der Waals surface area contributed by atoms with E-state index in [0.29, 0.717) is 29.5 Å². The summed E-state index contributed by atoms with van der Waals surface area (Å²) in [5.41, 5.74) is 1.83. The first-order valence-corrected chi connectivity index (χ1v) is 10.0. The first-order chi connectivity index (χ1) is 12.3. The van der Waals surface area contributed by atoms with Crippen molar-refractivity contribution in [2.24, 2.45) is 0 Å². The molecule has 6 heteroatoms. The minimum Gasteiger partial charge on any atom is -0.493 e. The van der Waals surface area contributed by atoms with Gasteiger partial charge in [-0.3, -0.25) is 0 Å². The third-order valence-corrected chi connectivity index (χ3v) is 7.04. The lowest BCUT2D eigenvalue weighted by atomic mass is 9.82. The molecule has 0 aromatic heterocycles. The average molecular weight is 375 g/mol. The Labute approximate surface area is 155 Å². The highest BCUT2D eigenvalue weighted by Gasteiger charge is 2.41. The first kappa shape index (κ1) is 18.7. The summed E-state index contributed by atoms with van der Waals surface area (Å²) in [6.45, 7) is 4.99. The molecular formula is C20H25NO4S. The summed E-state index contributed by atoms with van der Waals surface area (Å²) in [5, 5.41) is 0. The topological polar surface area (TPSA) is 55.8 Å². The minimum absolute atomic E-state index is 0.267. The van der Waals surface area contributed by atoms with Crippen LogP contribution in [0.15, 0.2) is 47.4 Å². The summed E-state index contributed by atoms with van der Waals surface area (Å²) in [5.74, 6) is 1.33. The van der Waals surface area contributed by atoms with Gasteiger partial charge in [-0.05, 0) is 43.2 Å². The molecule has 0 spiro atoms. The summed E-state index contributed by atoms with van der Waals surface area (Å²) in [6.07, 6.45) is 0.758. The fourth-order valence-corrected chi connectivity index (χ4v) is 5.00. The molecule has 0 saturated carbocycles. The van der Waals surface area contributed by atoms with Crippen LogP contribution in [0.2, 0.25) is 0 Å². The van der Waals surface area contributed by atoms with Crippen molar-refractivity contribution < 1.29 is 17.9 Å². The molecule has 1 aliphatic heterocycles. The predicted octanol–water partition coefficient (Wildman–Crippen LogP) is 3.36. The molecule has 2 aromatic rings. The second-order valence-electron chi connectivity index (χ2n) is 7.03. The molecule has 0 bridgehead atoms. The second kappa shape index (κ2) is 6.93. The van der Waals surface area contributed by atoms with Gasteiger partial charge in [-0.15, -0.1) is 0 Å². The van der Waals surface area contributed by atoms with Gasteiger partial charge in [0.1, 0.15) is 0 Å². The number of ether oxygens (including phenoxy) is 2. The van der Waals surface area contributed by atoms with Crippen LogP contribution in [0.25, 0.3) is 0 Å². The summed E-state index contributed by atoms with van der Waals surface area (Å²) in [7, 11) is -0.280. The highest BCUT2D eigenvalue weighted by Crippen LogP contribution is 2.40. The lowest BCUT2D eigenvalue weighted by Crippen LogP contribution is -2.33. The molecule has 1 atom stereocenters. The molecule has 1 unspecified atom stereocenters. The monoisotopic (exact) mass is 375 g/mol. The zero-order chi connectivity index (χ0) is 18.9. The van der Waals surface area contributed by atoms with E-state index in [2.05, 4.69) is 6.92 Å². The van der Waals surface area contributed by atoms with Gasteiger partial charge >= 0.3 is 0 Å². The summed E-state index contributed by atoms with van der Waals surface area (Å²) in [4.78, 5) is 0.347. The van der Waals surface area contributed by atoms with Crippen LogP contribution in [-0.2, 0) is 15.4 Å². The fourth-order valence-electron chi connectivity index (χ4n) is 3.43. The second-order valence-corrected chi connectivity index (χ2v) is 8.97. The van der Waals surface area contributed by atoms with E-state index in [1.165, 1.54) is 0 Å². The van der Waals surface area contributed by atoms with Crippen LogP contribution in [0.3, 0.4) is 0 Å². The summed E-state index contributed by atoms with van der Waals surface area (Å²) >= 11 is 0. The van der Waals surface area contributed by atoms with Gasteiger partial charge in [0.25, 0.3) is 0 Å². The smallest absolute Gasteiger partial charge is 0.243 e. The standard InChI is InChI=1S/C20H25NO4S/c1-15-5-8-17(9-6-15)26(22,23)21-12-11-20(2,14-21)16-7-10-18(24-3)19(13-16)25-4/h5-10,13H,11-12,14H2,1-4H3. The van der Waals surface area contributed by atoms with Crippen molar-refractivity contribution in [2.75, 3.05) is 27.3 Å². The largest absolute Gasteiger partial charge is 0.493 e. The maximum Gasteiger partial charge on any atom is 0.243 e. The maximum atomic E-state index is 13.0. The Kier molecular flexibility index (Phi) is 4.99. The lowest BCUT2D eigenvalue weighted by Gasteiger charge is -2.26. The van der Waals surface area contributed by atoms with Crippen LogP contribution < -0.4 is 9.47 Å². The van der Waals surface area contributed by atoms with Crippen molar-refractivity contribution in [3.63, 3.8) is 0 Å². The van der Waals surface area contributed by atoms with Crippen molar-refractivity contribution in [1.29, 1.82) is 0 Å². The van der Waals surface area contributed by atoms with E-state index in [1.807, 2.05) is 37.3 Å². The van der Waals surface area contributed by atoms with Gasteiger partial charge in [-0.1, -0.05) is 30.7 Å². The first-order valence-electron chi connectivity index (χ1n) is 8.59. The van der Waals surface area contributed by atoms with E-state index in [-0.39, 0.29) is 5.41 Å². The molecule has 140 valence electrons. The highest BCUT2D eigenvalue weighted by molar-refractivity contribution is 7.89. The minimum atomic E-state index is -3.49. The number of rotatable bonds is 5. The molecule has 3 rings (SSSR count). The molecule has 2 aromatic carbocycles. The lowest BCUT2D eigenvalue weighted by molar-refractivity contribution is 0.352. The third-order valence-electron chi connectivity index (χ3n) is 5.18. The third kappa shape index (κ3) is 3.31. The van der Waals surface area contributed by atoms with Crippen LogP contribution >= 0.6 is 0 Å². The number of sulfonamides is 1. The van der Waals surface area contributed by atoms with Crippen molar-refractivity contribution in [2.45, 2.75) is 30.6 Å². The highest BCUT2D eigenvalue weighted by atomic mass is 32.2. The van der Waals surface area contributed by atoms with E-state index in [1.54, 1.807) is 30.7 Å². The maximum absolute atomic E-state index is 13.0. The van der Waals surface area contributed by atoms with E-state index >= 15 is 0 Å². The van der Waals surface area contributed by atoms with Crippen LogP contribution in [0.4, 0.5) is 0 Å². The molecule has 0 radical (unpaired) electrons. The Morgan fingerprint density at radius 1 is 1.00 bits per heavy atom. The zero-order valence-corrected chi connectivity index (χ0v) is 16.5. The van der Waals surface area contributed by atoms with E-state index in [9.17, 15) is 8.42 Å². The molecule has 26 heavy (non-hydrogen) atoms. The number of aryl methyl sites for hydroxylation is 1. The van der Waals surface area contributed by atoms with Crippen LogP contribution in [0, 0.1) is 6.92 Å². The van der Waals surface area contributed by atoms with Gasteiger partial charge in [0.2, 0.25) is 10.0 Å². The zero-order valence-electron chi connectivity index (χ0n) is 15.7. The van der Waals surface area contributed by atoms with Gasteiger partial charge in [0.15, 0.2) is 11.5 Å². The normalized spacial score (nSPS) is 20.9. The van der Waals surface area contributed by atoms with Crippen molar-refractivity contribution in [1.82, 2.24) is 4.31 Å². The number of nitrogens with zero attached hydrogens (tertiary/aromatic N) is 1. The van der Waals surface area contributed by atoms with E-state index in [0.717, 1.165) is 17.5 Å². The molecular weight excluding hydrogens is 350 g/mol. The number of hydrogen-bond acceptors (Lipinski definition) is 4. The van der Waals surface area contributed by atoms with Crippen molar-refractivity contribution in [3.05, 3.63) is 53.6 Å². The van der Waals surface area contributed by atoms with E-state index in [4.69, 9.17) is 9.47 Å². The van der Waals surface area contributed by atoms with Gasteiger partial charge in [0, 0.05) is 18.5 Å². The summed E-state index contributed by atoms with van der Waals surface area (Å²) < 4.78 is 38.2. The Morgan fingerprint density at radius 3 is 2.27 bits per heavy atom. The Morgan fingerprint density at radius 2 is 1.65 bits per heavy atom. The molecule has 0 amide bonds. The quantitative estimate of drug-likeness (QED) is 0.804. The molecule has 0 aliphatic carbocycles. The molecule has 1 saturated heterocycles. The van der Waals surface area contributed by atoms with Gasteiger partial charge in [0.05, 0.1) is 19.1 Å². The van der Waals surface area contributed by atoms with E-state index < -0.39 is 10.0 Å². The number of hydrogen-bond donors (Lipinski definition) is 0. The number of methoxy groups -OCH3 is 2. The SMILES string of the molecule is COc1ccc(C2(C)CCN(S(=O)(=O)c3ccc(C)cc3)C2)cc1OC. The average Bonchev–Trinajstić information content (AvgIpc) is 3.06. The van der Waals surface area contributed by atoms with Gasteiger partial charge < -0.3 is 9.47 Å². The molecule has 0 N–H and O–H groups in total. The molecule has 1 heterocycles. The van der Waals surface area contributed by atoms with Crippen LogP contribution in [0.5, 0.6) is 11.5 Å². The van der Waals surface area contributed by atoms with Crippen LogP contribution in [-0.4, -0.2) is 40.0 Å². The summed E-state index contributed by atoms with van der Waals surface area (Å²) in [6, 6.07) is 12.8. The predicted molar refractivity (Wildman–Crippen MR) is 101 cm³/mol.